The molecule has 0 aliphatic carbocycles. The van der Waals surface area contributed by atoms with Crippen LogP contribution in [0.25, 0.3) is 12.2 Å². The minimum absolute atomic E-state index is 0.247. The van der Waals surface area contributed by atoms with Crippen LogP contribution in [0.1, 0.15) is 12.0 Å². The van der Waals surface area contributed by atoms with E-state index < -0.39 is 5.54 Å². The van der Waals surface area contributed by atoms with Gasteiger partial charge in [0.2, 0.25) is 0 Å². The first-order valence-electron chi connectivity index (χ1n) is 10.3. The average molecular weight is 404 g/mol. The summed E-state index contributed by atoms with van der Waals surface area (Å²) in [5.41, 5.74) is 5.07. The fourth-order valence-electron chi connectivity index (χ4n) is 4.32. The number of hydrogen-bond acceptors (Lipinski definition) is 4. The van der Waals surface area contributed by atoms with E-state index in [0.717, 1.165) is 51.2 Å². The highest BCUT2D eigenvalue weighted by atomic mass is 16.3. The number of phenols is 1. The highest BCUT2D eigenvalue weighted by Crippen LogP contribution is 2.37. The number of aromatic amines is 1. The Bertz CT molecular complexity index is 1440. The lowest BCUT2D eigenvalue weighted by molar-refractivity contribution is 0.464. The van der Waals surface area contributed by atoms with Gasteiger partial charge in [-0.15, -0.1) is 0 Å². The molecular formula is C26H20N4O. The van der Waals surface area contributed by atoms with E-state index in [1.807, 2.05) is 66.8 Å². The van der Waals surface area contributed by atoms with Crippen molar-refractivity contribution in [3.63, 3.8) is 0 Å². The Labute approximate surface area is 179 Å². The maximum absolute atomic E-state index is 10.1. The molecule has 5 nitrogen and oxygen atoms in total. The number of hydrogen-bond donors (Lipinski definition) is 3. The first-order chi connectivity index (χ1) is 15.1. The van der Waals surface area contributed by atoms with Gasteiger partial charge in [0.15, 0.2) is 0 Å². The van der Waals surface area contributed by atoms with E-state index >= 15 is 0 Å². The summed E-state index contributed by atoms with van der Waals surface area (Å²) >= 11 is 0. The summed E-state index contributed by atoms with van der Waals surface area (Å²) in [5.74, 6) is 0.247. The van der Waals surface area contributed by atoms with Crippen molar-refractivity contribution in [2.45, 2.75) is 12.0 Å². The SMILES string of the molecule is Oc1cccc(C23C=C4C=CC(=N4)C=c4ccc([nH]4)=CC4=NC(=CC(=CC2)N3)C=C4)c1. The molecule has 150 valence electrons. The first kappa shape index (κ1) is 17.7. The van der Waals surface area contributed by atoms with E-state index in [-0.39, 0.29) is 5.75 Å². The van der Waals surface area contributed by atoms with E-state index in [0.29, 0.717) is 0 Å². The zero-order valence-corrected chi connectivity index (χ0v) is 16.7. The zero-order chi connectivity index (χ0) is 20.8. The molecule has 2 aromatic rings. The molecule has 5 heteroatoms. The number of phenolic OH excluding ortho intramolecular Hbond substituents is 1. The molecule has 6 rings (SSSR count). The summed E-state index contributed by atoms with van der Waals surface area (Å²) in [6.45, 7) is 0. The summed E-state index contributed by atoms with van der Waals surface area (Å²) in [4.78, 5) is 12.9. The van der Waals surface area contributed by atoms with Crippen LogP contribution in [0.2, 0.25) is 0 Å². The largest absolute Gasteiger partial charge is 0.508 e. The Hall–Kier alpha value is -4.12. The van der Waals surface area contributed by atoms with Gasteiger partial charge < -0.3 is 15.4 Å². The Kier molecular flexibility index (Phi) is 3.83. The highest BCUT2D eigenvalue weighted by Gasteiger charge is 2.34. The molecule has 8 bridgehead atoms. The number of nitrogens with zero attached hydrogens (tertiary/aromatic N) is 2. The zero-order valence-electron chi connectivity index (χ0n) is 16.7. The monoisotopic (exact) mass is 404 g/mol. The van der Waals surface area contributed by atoms with Crippen molar-refractivity contribution >= 4 is 23.6 Å². The Morgan fingerprint density at radius 3 is 2.35 bits per heavy atom. The molecule has 4 aliphatic heterocycles. The van der Waals surface area contributed by atoms with Gasteiger partial charge in [-0.1, -0.05) is 18.2 Å². The third-order valence-corrected chi connectivity index (χ3v) is 5.77. The molecule has 5 heterocycles. The van der Waals surface area contributed by atoms with Crippen molar-refractivity contribution in [3.05, 3.63) is 112 Å². The summed E-state index contributed by atoms with van der Waals surface area (Å²) in [6, 6.07) is 11.5. The topological polar surface area (TPSA) is 72.8 Å². The quantitative estimate of drug-likeness (QED) is 0.684. The van der Waals surface area contributed by atoms with E-state index in [9.17, 15) is 5.11 Å². The molecule has 0 radical (unpaired) electrons. The second kappa shape index (κ2) is 6.71. The molecule has 1 aromatic heterocycles. The number of aromatic hydroxyl groups is 1. The Balaban J connectivity index is 1.53. The van der Waals surface area contributed by atoms with Crippen molar-refractivity contribution in [2.24, 2.45) is 9.98 Å². The molecule has 0 fully saturated rings. The van der Waals surface area contributed by atoms with Crippen LogP contribution in [0.4, 0.5) is 0 Å². The van der Waals surface area contributed by atoms with Crippen molar-refractivity contribution in [1.29, 1.82) is 0 Å². The van der Waals surface area contributed by atoms with E-state index in [1.54, 1.807) is 6.07 Å². The van der Waals surface area contributed by atoms with Crippen LogP contribution in [0.3, 0.4) is 0 Å². The van der Waals surface area contributed by atoms with Crippen LogP contribution in [0, 0.1) is 0 Å². The lowest BCUT2D eigenvalue weighted by atomic mass is 9.87. The Morgan fingerprint density at radius 1 is 0.839 bits per heavy atom. The summed E-state index contributed by atoms with van der Waals surface area (Å²) in [6.07, 6.45) is 19.3. The third kappa shape index (κ3) is 3.30. The van der Waals surface area contributed by atoms with E-state index in [4.69, 9.17) is 9.98 Å². The van der Waals surface area contributed by atoms with Crippen LogP contribution in [0.15, 0.2) is 106 Å². The average Bonchev–Trinajstić information content (AvgIpc) is 3.53. The minimum atomic E-state index is -0.499. The van der Waals surface area contributed by atoms with Crippen LogP contribution in [-0.2, 0) is 5.54 Å². The molecule has 1 atom stereocenters. The lowest BCUT2D eigenvalue weighted by Gasteiger charge is -2.29. The van der Waals surface area contributed by atoms with Gasteiger partial charge >= 0.3 is 0 Å². The number of nitrogens with one attached hydrogen (secondary N) is 2. The number of allylic oxidation sites excluding steroid dienone is 5. The number of rotatable bonds is 1. The van der Waals surface area contributed by atoms with Gasteiger partial charge in [0.05, 0.1) is 28.4 Å². The van der Waals surface area contributed by atoms with Gasteiger partial charge in [0, 0.05) is 16.4 Å². The molecule has 1 unspecified atom stereocenters. The smallest absolute Gasteiger partial charge is 0.115 e. The molecular weight excluding hydrogens is 384 g/mol. The fourth-order valence-corrected chi connectivity index (χ4v) is 4.32. The molecule has 0 spiro atoms. The molecule has 0 saturated carbocycles. The van der Waals surface area contributed by atoms with Crippen LogP contribution >= 0.6 is 0 Å². The predicted molar refractivity (Wildman–Crippen MR) is 124 cm³/mol. The number of fused-ring (bicyclic) bond motifs is 6. The second-order valence-electron chi connectivity index (χ2n) is 8.05. The lowest BCUT2D eigenvalue weighted by Crippen LogP contribution is -2.35. The minimum Gasteiger partial charge on any atom is -0.508 e. The molecule has 4 aliphatic rings. The van der Waals surface area contributed by atoms with Crippen LogP contribution < -0.4 is 16.0 Å². The van der Waals surface area contributed by atoms with Gasteiger partial charge in [-0.3, -0.25) is 0 Å². The summed E-state index contributed by atoms with van der Waals surface area (Å²) < 4.78 is 0. The fraction of sp³-hybridized carbons (Fsp3) is 0.0769. The van der Waals surface area contributed by atoms with E-state index in [1.165, 1.54) is 0 Å². The standard InChI is InChI=1S/C26H20N4O/c31-25-3-1-2-17(12-25)26-11-10-23(30-26)15-22-7-6-19(28-22)13-18-4-5-20(27-18)14-21-8-9-24(16-26)29-21/h1-10,12-16,27,30-31H,11H2. The normalized spacial score (nSPS) is 23.2. The van der Waals surface area contributed by atoms with Crippen molar-refractivity contribution < 1.29 is 5.11 Å². The molecule has 1 aromatic carbocycles. The Morgan fingerprint density at radius 2 is 1.58 bits per heavy atom. The summed E-state index contributed by atoms with van der Waals surface area (Å²) in [7, 11) is 0. The van der Waals surface area contributed by atoms with Gasteiger partial charge in [-0.25, -0.2) is 9.98 Å². The van der Waals surface area contributed by atoms with Crippen molar-refractivity contribution in [3.8, 4) is 5.75 Å². The summed E-state index contributed by atoms with van der Waals surface area (Å²) in [5, 5.41) is 15.8. The van der Waals surface area contributed by atoms with Crippen LogP contribution in [0.5, 0.6) is 5.75 Å². The molecule has 31 heavy (non-hydrogen) atoms. The third-order valence-electron chi connectivity index (χ3n) is 5.77. The van der Waals surface area contributed by atoms with Crippen molar-refractivity contribution in [2.75, 3.05) is 0 Å². The van der Waals surface area contributed by atoms with Gasteiger partial charge in [-0.2, -0.15) is 0 Å². The van der Waals surface area contributed by atoms with Gasteiger partial charge in [-0.05, 0) is 84.9 Å². The van der Waals surface area contributed by atoms with Crippen molar-refractivity contribution in [1.82, 2.24) is 10.3 Å². The van der Waals surface area contributed by atoms with Gasteiger partial charge in [0.25, 0.3) is 0 Å². The number of aromatic nitrogens is 1. The molecule has 0 saturated heterocycles. The van der Waals surface area contributed by atoms with Crippen LogP contribution in [-0.4, -0.2) is 21.5 Å². The number of benzene rings is 1. The number of aliphatic imine (C=N–C) groups is 2. The van der Waals surface area contributed by atoms with E-state index in [2.05, 4.69) is 28.5 Å². The highest BCUT2D eigenvalue weighted by molar-refractivity contribution is 6.20. The maximum Gasteiger partial charge on any atom is 0.115 e. The predicted octanol–water partition coefficient (Wildman–Crippen LogP) is 2.86. The maximum atomic E-state index is 10.1. The molecule has 0 amide bonds. The van der Waals surface area contributed by atoms with Gasteiger partial charge in [0.1, 0.15) is 5.75 Å². The number of H-pyrrole nitrogens is 1. The first-order valence-corrected chi connectivity index (χ1v) is 10.3. The second-order valence-corrected chi connectivity index (χ2v) is 8.05. The molecule has 3 N–H and O–H groups in total.